The normalized spacial score (nSPS) is 30.0. The van der Waals surface area contributed by atoms with E-state index in [1.807, 2.05) is 0 Å². The average molecular weight is 125 g/mol. The molecule has 9 heavy (non-hydrogen) atoms. The van der Waals surface area contributed by atoms with E-state index >= 15 is 0 Å². The molecule has 1 heterocycles. The van der Waals surface area contributed by atoms with Crippen molar-refractivity contribution in [3.8, 4) is 0 Å². The van der Waals surface area contributed by atoms with Gasteiger partial charge in [0.1, 0.15) is 6.29 Å². The molecule has 1 aliphatic rings. The molecule has 1 rings (SSSR count). The summed E-state index contributed by atoms with van der Waals surface area (Å²) in [6.45, 7) is 2.12. The Hall–Kier alpha value is -0.305. The van der Waals surface area contributed by atoms with Crippen LogP contribution in [0.5, 0.6) is 0 Å². The Morgan fingerprint density at radius 1 is 1.67 bits per heavy atom. The predicted molar refractivity (Wildman–Crippen MR) is 38.9 cm³/mol. The number of nitrogens with zero attached hydrogens (tertiary/aromatic N) is 1. The lowest BCUT2D eigenvalue weighted by molar-refractivity contribution is -0.112. The van der Waals surface area contributed by atoms with Gasteiger partial charge in [0.15, 0.2) is 7.98 Å². The van der Waals surface area contributed by atoms with Gasteiger partial charge >= 0.3 is 0 Å². The number of hydrogen-bond acceptors (Lipinski definition) is 2. The summed E-state index contributed by atoms with van der Waals surface area (Å²) in [5, 5.41) is 0. The van der Waals surface area contributed by atoms with Gasteiger partial charge in [0, 0.05) is 5.92 Å². The molecule has 0 aromatic rings. The van der Waals surface area contributed by atoms with E-state index in [9.17, 15) is 4.79 Å². The van der Waals surface area contributed by atoms with Gasteiger partial charge in [0.05, 0.1) is 0 Å². The highest BCUT2D eigenvalue weighted by Gasteiger charge is 2.14. The van der Waals surface area contributed by atoms with Crippen molar-refractivity contribution < 1.29 is 4.79 Å². The smallest absolute Gasteiger partial charge is 0.185 e. The molecule has 1 aliphatic heterocycles. The number of rotatable bonds is 1. The van der Waals surface area contributed by atoms with Gasteiger partial charge in [-0.15, -0.1) is 0 Å². The monoisotopic (exact) mass is 125 g/mol. The quantitative estimate of drug-likeness (QED) is 0.346. The van der Waals surface area contributed by atoms with Crippen molar-refractivity contribution in [2.75, 3.05) is 13.1 Å². The molecular formula is C6H12BNO. The molecule has 2 nitrogen and oxygen atoms in total. The lowest BCUT2D eigenvalue weighted by Crippen LogP contribution is -2.33. The minimum absolute atomic E-state index is 0.309. The Kier molecular flexibility index (Phi) is 2.28. The molecule has 50 valence electrons. The molecule has 0 aromatic carbocycles. The molecule has 3 heteroatoms. The first kappa shape index (κ1) is 6.81. The molecule has 0 N–H and O–H groups in total. The summed E-state index contributed by atoms with van der Waals surface area (Å²) in [4.78, 5) is 12.5. The minimum Gasteiger partial charge on any atom is -0.348 e. The lowest BCUT2D eigenvalue weighted by Gasteiger charge is -2.26. The van der Waals surface area contributed by atoms with Gasteiger partial charge in [-0.2, -0.15) is 0 Å². The number of aldehydes is 1. The van der Waals surface area contributed by atoms with Crippen LogP contribution in [0.1, 0.15) is 12.8 Å². The molecule has 1 saturated heterocycles. The highest BCUT2D eigenvalue weighted by atomic mass is 16.1. The third-order valence-corrected chi connectivity index (χ3v) is 1.85. The molecule has 1 fully saturated rings. The van der Waals surface area contributed by atoms with E-state index in [1.54, 1.807) is 0 Å². The average Bonchev–Trinajstić information content (AvgIpc) is 1.88. The van der Waals surface area contributed by atoms with Crippen molar-refractivity contribution in [1.82, 2.24) is 4.81 Å². The molecule has 0 bridgehead atoms. The van der Waals surface area contributed by atoms with E-state index in [2.05, 4.69) is 12.8 Å². The predicted octanol–water partition coefficient (Wildman–Crippen LogP) is -0.555. The molecule has 0 radical (unpaired) electrons. The zero-order valence-electron chi connectivity index (χ0n) is 5.84. The van der Waals surface area contributed by atoms with Crippen LogP contribution >= 0.6 is 0 Å². The SMILES string of the molecule is BN1CCC[C@H](C=O)C1. The zero-order valence-corrected chi connectivity index (χ0v) is 5.84. The topological polar surface area (TPSA) is 20.3 Å². The summed E-state index contributed by atoms with van der Waals surface area (Å²) < 4.78 is 0. The van der Waals surface area contributed by atoms with E-state index in [-0.39, 0.29) is 0 Å². The summed E-state index contributed by atoms with van der Waals surface area (Å²) in [5.41, 5.74) is 0. The van der Waals surface area contributed by atoms with Crippen LogP contribution in [-0.2, 0) is 4.79 Å². The number of carbonyl (C=O) groups excluding carboxylic acids is 1. The Balaban J connectivity index is 2.31. The van der Waals surface area contributed by atoms with Crippen molar-refractivity contribution >= 4 is 14.3 Å². The van der Waals surface area contributed by atoms with E-state index in [4.69, 9.17) is 0 Å². The van der Waals surface area contributed by atoms with Crippen molar-refractivity contribution in [3.05, 3.63) is 0 Å². The van der Waals surface area contributed by atoms with Crippen LogP contribution in [0.25, 0.3) is 0 Å². The number of piperidine rings is 1. The van der Waals surface area contributed by atoms with Gasteiger partial charge in [-0.1, -0.05) is 0 Å². The third kappa shape index (κ3) is 1.82. The highest BCUT2D eigenvalue weighted by molar-refractivity contribution is 6.04. The summed E-state index contributed by atoms with van der Waals surface area (Å²) in [6, 6.07) is 0. The van der Waals surface area contributed by atoms with E-state index < -0.39 is 0 Å². The number of hydrogen-bond donors (Lipinski definition) is 0. The fourth-order valence-corrected chi connectivity index (χ4v) is 1.32. The van der Waals surface area contributed by atoms with E-state index in [0.29, 0.717) is 5.92 Å². The molecule has 0 unspecified atom stereocenters. The summed E-state index contributed by atoms with van der Waals surface area (Å²) in [6.07, 6.45) is 3.35. The van der Waals surface area contributed by atoms with Gasteiger partial charge in [-0.3, -0.25) is 0 Å². The Labute approximate surface area is 56.7 Å². The van der Waals surface area contributed by atoms with Crippen LogP contribution in [0.4, 0.5) is 0 Å². The van der Waals surface area contributed by atoms with Crippen LogP contribution < -0.4 is 0 Å². The molecule has 0 aliphatic carbocycles. The summed E-state index contributed by atoms with van der Waals surface area (Å²) in [5.74, 6) is 0.309. The highest BCUT2D eigenvalue weighted by Crippen LogP contribution is 2.11. The molecule has 0 aromatic heterocycles. The van der Waals surface area contributed by atoms with Crippen LogP contribution in [0.3, 0.4) is 0 Å². The standard InChI is InChI=1S/C6H12BNO/c7-8-3-1-2-6(4-8)5-9/h5-6H,1-4,7H2/t6-/m0/s1. The second-order valence-electron chi connectivity index (χ2n) is 2.80. The first-order valence-corrected chi connectivity index (χ1v) is 3.47. The first-order chi connectivity index (χ1) is 4.33. The van der Waals surface area contributed by atoms with Crippen LogP contribution in [-0.4, -0.2) is 32.2 Å². The zero-order chi connectivity index (χ0) is 6.69. The molecule has 1 atom stereocenters. The lowest BCUT2D eigenvalue weighted by atomic mass is 9.97. The van der Waals surface area contributed by atoms with Crippen LogP contribution in [0.15, 0.2) is 0 Å². The van der Waals surface area contributed by atoms with Crippen molar-refractivity contribution in [3.63, 3.8) is 0 Å². The summed E-state index contributed by atoms with van der Waals surface area (Å²) in [7, 11) is 2.07. The fourth-order valence-electron chi connectivity index (χ4n) is 1.32. The molecule has 0 spiro atoms. The van der Waals surface area contributed by atoms with Crippen molar-refractivity contribution in [2.45, 2.75) is 12.8 Å². The van der Waals surface area contributed by atoms with E-state index in [1.165, 1.54) is 6.42 Å². The maximum Gasteiger partial charge on any atom is 0.185 e. The van der Waals surface area contributed by atoms with Gasteiger partial charge in [-0.25, -0.2) is 0 Å². The minimum atomic E-state index is 0.309. The van der Waals surface area contributed by atoms with Gasteiger partial charge in [0.25, 0.3) is 0 Å². The molecule has 0 saturated carbocycles. The fraction of sp³-hybridized carbons (Fsp3) is 0.833. The first-order valence-electron chi connectivity index (χ1n) is 3.47. The van der Waals surface area contributed by atoms with Gasteiger partial charge in [0.2, 0.25) is 0 Å². The third-order valence-electron chi connectivity index (χ3n) is 1.85. The maximum atomic E-state index is 10.3. The number of carbonyl (C=O) groups is 1. The Bertz CT molecular complexity index is 107. The van der Waals surface area contributed by atoms with Gasteiger partial charge < -0.3 is 9.61 Å². The van der Waals surface area contributed by atoms with E-state index in [0.717, 1.165) is 25.8 Å². The largest absolute Gasteiger partial charge is 0.348 e. The van der Waals surface area contributed by atoms with Crippen molar-refractivity contribution in [1.29, 1.82) is 0 Å². The van der Waals surface area contributed by atoms with Crippen LogP contribution in [0, 0.1) is 5.92 Å². The second-order valence-corrected chi connectivity index (χ2v) is 2.80. The van der Waals surface area contributed by atoms with Crippen LogP contribution in [0.2, 0.25) is 0 Å². The summed E-state index contributed by atoms with van der Waals surface area (Å²) >= 11 is 0. The molecular weight excluding hydrogens is 113 g/mol. The van der Waals surface area contributed by atoms with Gasteiger partial charge in [-0.05, 0) is 25.9 Å². The second kappa shape index (κ2) is 3.02. The Morgan fingerprint density at radius 3 is 2.89 bits per heavy atom. The molecule has 0 amide bonds. The maximum absolute atomic E-state index is 10.3. The van der Waals surface area contributed by atoms with Crippen molar-refractivity contribution in [2.24, 2.45) is 5.92 Å². The Morgan fingerprint density at radius 2 is 2.44 bits per heavy atom.